The minimum atomic E-state index is -1.08. The van der Waals surface area contributed by atoms with Gasteiger partial charge in [-0.3, -0.25) is 9.59 Å². The summed E-state index contributed by atoms with van der Waals surface area (Å²) in [5.74, 6) is -2.04. The number of unbranched alkanes of at least 4 members (excludes halogenated alkanes) is 1. The number of hydrogen-bond donors (Lipinski definition) is 3. The highest BCUT2D eigenvalue weighted by Gasteiger charge is 2.23. The van der Waals surface area contributed by atoms with Crippen molar-refractivity contribution in [2.24, 2.45) is 0 Å². The second kappa shape index (κ2) is 9.15. The molecule has 3 N–H and O–H groups in total. The lowest BCUT2D eigenvalue weighted by Crippen LogP contribution is -2.50. The van der Waals surface area contributed by atoms with Crippen LogP contribution in [-0.2, 0) is 9.59 Å². The van der Waals surface area contributed by atoms with Crippen LogP contribution in [0.25, 0.3) is 0 Å². The van der Waals surface area contributed by atoms with Gasteiger partial charge in [-0.25, -0.2) is 4.79 Å². The average molecular weight is 341 g/mol. The number of nitrogens with one attached hydrogen (secondary N) is 2. The number of halogens is 1. The molecule has 23 heavy (non-hydrogen) atoms. The first-order valence-electron chi connectivity index (χ1n) is 7.44. The quantitative estimate of drug-likeness (QED) is 0.676. The summed E-state index contributed by atoms with van der Waals surface area (Å²) in [5.41, 5.74) is 0.370. The van der Waals surface area contributed by atoms with E-state index in [0.717, 1.165) is 6.42 Å². The van der Waals surface area contributed by atoms with Crippen molar-refractivity contribution in [3.8, 4) is 0 Å². The van der Waals surface area contributed by atoms with E-state index in [-0.39, 0.29) is 0 Å². The van der Waals surface area contributed by atoms with Crippen LogP contribution in [0, 0.1) is 0 Å². The molecule has 2 atom stereocenters. The van der Waals surface area contributed by atoms with E-state index in [9.17, 15) is 14.4 Å². The fourth-order valence-electron chi connectivity index (χ4n) is 1.91. The number of carbonyl (C=O) groups is 3. The van der Waals surface area contributed by atoms with Gasteiger partial charge < -0.3 is 15.7 Å². The Bertz CT molecular complexity index is 560. The smallest absolute Gasteiger partial charge is 0.326 e. The van der Waals surface area contributed by atoms with Crippen molar-refractivity contribution in [3.05, 3.63) is 34.9 Å². The number of carbonyl (C=O) groups excluding carboxylic acids is 2. The molecule has 126 valence electrons. The summed E-state index contributed by atoms with van der Waals surface area (Å²) < 4.78 is 0. The van der Waals surface area contributed by atoms with Gasteiger partial charge in [-0.15, -0.1) is 0 Å². The normalized spacial score (nSPS) is 13.0. The molecule has 0 heterocycles. The van der Waals surface area contributed by atoms with Crippen LogP contribution in [0.4, 0.5) is 0 Å². The van der Waals surface area contributed by atoms with Crippen molar-refractivity contribution in [2.45, 2.75) is 45.2 Å². The van der Waals surface area contributed by atoms with E-state index < -0.39 is 29.9 Å². The number of benzene rings is 1. The van der Waals surface area contributed by atoms with Crippen molar-refractivity contribution in [3.63, 3.8) is 0 Å². The third kappa shape index (κ3) is 6.28. The minimum Gasteiger partial charge on any atom is -0.480 e. The molecule has 0 radical (unpaired) electrons. The molecule has 1 aromatic carbocycles. The van der Waals surface area contributed by atoms with Crippen molar-refractivity contribution >= 4 is 29.4 Å². The van der Waals surface area contributed by atoms with Crippen LogP contribution in [0.2, 0.25) is 5.02 Å². The lowest BCUT2D eigenvalue weighted by Gasteiger charge is -2.18. The van der Waals surface area contributed by atoms with Gasteiger partial charge in [0.25, 0.3) is 5.91 Å². The maximum absolute atomic E-state index is 12.0. The highest BCUT2D eigenvalue weighted by molar-refractivity contribution is 6.30. The van der Waals surface area contributed by atoms with Crippen LogP contribution < -0.4 is 10.6 Å². The van der Waals surface area contributed by atoms with E-state index in [1.807, 2.05) is 6.92 Å². The van der Waals surface area contributed by atoms with Crippen LogP contribution in [0.5, 0.6) is 0 Å². The fourth-order valence-corrected chi connectivity index (χ4v) is 2.04. The molecular formula is C16H21ClN2O4. The Morgan fingerprint density at radius 2 is 1.78 bits per heavy atom. The first kappa shape index (κ1) is 19.0. The van der Waals surface area contributed by atoms with E-state index in [4.69, 9.17) is 16.7 Å². The second-order valence-corrected chi connectivity index (χ2v) is 5.68. The van der Waals surface area contributed by atoms with E-state index in [1.165, 1.54) is 6.92 Å². The zero-order chi connectivity index (χ0) is 17.4. The molecule has 6 nitrogen and oxygen atoms in total. The Labute approximate surface area is 140 Å². The van der Waals surface area contributed by atoms with Crippen LogP contribution in [0.1, 0.15) is 43.5 Å². The van der Waals surface area contributed by atoms with Gasteiger partial charge in [0, 0.05) is 10.6 Å². The molecular weight excluding hydrogens is 320 g/mol. The molecule has 0 bridgehead atoms. The number of carboxylic acid groups (broad SMARTS) is 1. The molecule has 2 amide bonds. The summed E-state index contributed by atoms with van der Waals surface area (Å²) in [6.45, 7) is 3.44. The summed E-state index contributed by atoms with van der Waals surface area (Å²) in [4.78, 5) is 35.2. The largest absolute Gasteiger partial charge is 0.480 e. The zero-order valence-corrected chi connectivity index (χ0v) is 13.9. The summed E-state index contributed by atoms with van der Waals surface area (Å²) in [7, 11) is 0. The first-order valence-corrected chi connectivity index (χ1v) is 7.82. The monoisotopic (exact) mass is 340 g/mol. The Balaban J connectivity index is 2.59. The lowest BCUT2D eigenvalue weighted by molar-refractivity contribution is -0.142. The van der Waals surface area contributed by atoms with E-state index in [0.29, 0.717) is 23.4 Å². The van der Waals surface area contributed by atoms with Crippen LogP contribution in [0.3, 0.4) is 0 Å². The second-order valence-electron chi connectivity index (χ2n) is 5.24. The van der Waals surface area contributed by atoms with Gasteiger partial charge in [0.2, 0.25) is 5.91 Å². The van der Waals surface area contributed by atoms with Gasteiger partial charge in [0.05, 0.1) is 0 Å². The van der Waals surface area contributed by atoms with Crippen LogP contribution in [0.15, 0.2) is 24.3 Å². The number of amides is 2. The van der Waals surface area contributed by atoms with Crippen LogP contribution in [-0.4, -0.2) is 35.0 Å². The Morgan fingerprint density at radius 3 is 2.30 bits per heavy atom. The standard InChI is InChI=1S/C16H21ClN2O4/c1-3-4-5-13(16(22)23)19-14(20)10(2)18-15(21)11-6-8-12(17)9-7-11/h6-10,13H,3-5H2,1-2H3,(H,18,21)(H,19,20)(H,22,23)/t10?,13-/m0/s1. The van der Waals surface area contributed by atoms with Crippen molar-refractivity contribution in [1.82, 2.24) is 10.6 Å². The SMILES string of the molecule is CCCC[C@H](NC(=O)C(C)NC(=O)c1ccc(Cl)cc1)C(=O)O. The molecule has 0 fully saturated rings. The topological polar surface area (TPSA) is 95.5 Å². The van der Waals surface area contributed by atoms with E-state index >= 15 is 0 Å². The molecule has 0 aliphatic carbocycles. The predicted molar refractivity (Wildman–Crippen MR) is 87.5 cm³/mol. The Morgan fingerprint density at radius 1 is 1.17 bits per heavy atom. The summed E-state index contributed by atoms with van der Waals surface area (Å²) in [6.07, 6.45) is 1.89. The molecule has 0 aliphatic rings. The lowest BCUT2D eigenvalue weighted by atomic mass is 10.1. The molecule has 1 aromatic rings. The molecule has 0 aromatic heterocycles. The maximum Gasteiger partial charge on any atom is 0.326 e. The molecule has 0 saturated carbocycles. The van der Waals surface area contributed by atoms with Crippen LogP contribution >= 0.6 is 11.6 Å². The van der Waals surface area contributed by atoms with Gasteiger partial charge in [-0.2, -0.15) is 0 Å². The van der Waals surface area contributed by atoms with Gasteiger partial charge >= 0.3 is 5.97 Å². The van der Waals surface area contributed by atoms with Crippen molar-refractivity contribution < 1.29 is 19.5 Å². The van der Waals surface area contributed by atoms with E-state index in [2.05, 4.69) is 10.6 Å². The third-order valence-corrected chi connectivity index (χ3v) is 3.56. The van der Waals surface area contributed by atoms with Gasteiger partial charge in [-0.1, -0.05) is 31.4 Å². The summed E-state index contributed by atoms with van der Waals surface area (Å²) in [5, 5.41) is 14.6. The van der Waals surface area contributed by atoms with Gasteiger partial charge in [0.15, 0.2) is 0 Å². The number of carboxylic acids is 1. The minimum absolute atomic E-state index is 0.357. The maximum atomic E-state index is 12.0. The van der Waals surface area contributed by atoms with Crippen molar-refractivity contribution in [1.29, 1.82) is 0 Å². The number of aliphatic carboxylic acids is 1. The predicted octanol–water partition coefficient (Wildman–Crippen LogP) is 2.22. The fraction of sp³-hybridized carbons (Fsp3) is 0.438. The molecule has 7 heteroatoms. The first-order chi connectivity index (χ1) is 10.8. The Hall–Kier alpha value is -2.08. The molecule has 1 rings (SSSR count). The Kier molecular flexibility index (Phi) is 7.54. The molecule has 0 spiro atoms. The van der Waals surface area contributed by atoms with Gasteiger partial charge in [0.1, 0.15) is 12.1 Å². The highest BCUT2D eigenvalue weighted by Crippen LogP contribution is 2.09. The zero-order valence-electron chi connectivity index (χ0n) is 13.1. The average Bonchev–Trinajstić information content (AvgIpc) is 2.51. The highest BCUT2D eigenvalue weighted by atomic mass is 35.5. The summed E-state index contributed by atoms with van der Waals surface area (Å²) >= 11 is 5.75. The molecule has 0 aliphatic heterocycles. The number of hydrogen-bond acceptors (Lipinski definition) is 3. The van der Waals surface area contributed by atoms with E-state index in [1.54, 1.807) is 24.3 Å². The van der Waals surface area contributed by atoms with Crippen molar-refractivity contribution in [2.75, 3.05) is 0 Å². The summed E-state index contributed by atoms with van der Waals surface area (Å²) in [6, 6.07) is 4.45. The third-order valence-electron chi connectivity index (χ3n) is 3.31. The number of rotatable bonds is 8. The van der Waals surface area contributed by atoms with Gasteiger partial charge in [-0.05, 0) is 37.6 Å². The molecule has 0 saturated heterocycles. The molecule has 1 unspecified atom stereocenters.